The first-order chi connectivity index (χ1) is 11.2. The fourth-order valence-corrected chi connectivity index (χ4v) is 3.02. The highest BCUT2D eigenvalue weighted by Gasteiger charge is 2.26. The van der Waals surface area contributed by atoms with E-state index in [0.717, 1.165) is 31.5 Å². The summed E-state index contributed by atoms with van der Waals surface area (Å²) in [6, 6.07) is 9.05. The first-order valence-electron chi connectivity index (χ1n) is 8.64. The fraction of sp³-hybridized carbons (Fsp3) is 0.556. The number of rotatable bonds is 4. The predicted molar refractivity (Wildman–Crippen MR) is 90.1 cm³/mol. The van der Waals surface area contributed by atoms with Gasteiger partial charge in [0.2, 0.25) is 0 Å². The molecule has 0 saturated carbocycles. The molecule has 0 bridgehead atoms. The van der Waals surface area contributed by atoms with Crippen LogP contribution in [0.5, 0.6) is 0 Å². The van der Waals surface area contributed by atoms with Crippen LogP contribution in [0.4, 0.5) is 4.79 Å². The van der Waals surface area contributed by atoms with E-state index in [1.54, 1.807) is 0 Å². The SMILES string of the molecule is C[C@@H](C(=O)NC(=O)NCc1ccccc1)[NH+]1CCCCCCC1. The standard InChI is InChI=1S/C18H27N3O2/c1-15(21-12-8-3-2-4-9-13-21)17(22)20-18(23)19-14-16-10-6-5-7-11-16/h5-7,10-11,15H,2-4,8-9,12-14H2,1H3,(H2,19,20,22,23)/p+1/t15-/m0/s1. The Kier molecular flexibility index (Phi) is 7.07. The van der Waals surface area contributed by atoms with Crippen molar-refractivity contribution in [3.05, 3.63) is 35.9 Å². The summed E-state index contributed by atoms with van der Waals surface area (Å²) < 4.78 is 0. The highest BCUT2D eigenvalue weighted by molar-refractivity contribution is 5.96. The summed E-state index contributed by atoms with van der Waals surface area (Å²) in [5.41, 5.74) is 1.01. The van der Waals surface area contributed by atoms with Crippen LogP contribution in [0.25, 0.3) is 0 Å². The molecule has 3 N–H and O–H groups in total. The van der Waals surface area contributed by atoms with Crippen LogP contribution < -0.4 is 15.5 Å². The van der Waals surface area contributed by atoms with Gasteiger partial charge in [-0.2, -0.15) is 0 Å². The molecule has 0 aromatic heterocycles. The van der Waals surface area contributed by atoms with Gasteiger partial charge >= 0.3 is 6.03 Å². The van der Waals surface area contributed by atoms with Gasteiger partial charge < -0.3 is 10.2 Å². The molecule has 2 rings (SSSR count). The number of carbonyl (C=O) groups excluding carboxylic acids is 2. The molecule has 0 unspecified atom stereocenters. The predicted octanol–water partition coefficient (Wildman–Crippen LogP) is 1.25. The van der Waals surface area contributed by atoms with E-state index >= 15 is 0 Å². The van der Waals surface area contributed by atoms with Crippen LogP contribution in [0.15, 0.2) is 30.3 Å². The van der Waals surface area contributed by atoms with Gasteiger partial charge in [0, 0.05) is 6.54 Å². The van der Waals surface area contributed by atoms with Crippen molar-refractivity contribution >= 4 is 11.9 Å². The minimum Gasteiger partial charge on any atom is -0.334 e. The fourth-order valence-electron chi connectivity index (χ4n) is 3.02. The van der Waals surface area contributed by atoms with Crippen LogP contribution in [0, 0.1) is 0 Å². The second-order valence-corrected chi connectivity index (χ2v) is 6.31. The molecule has 1 aliphatic rings. The van der Waals surface area contributed by atoms with Gasteiger partial charge in [-0.05, 0) is 38.2 Å². The zero-order valence-electron chi connectivity index (χ0n) is 13.9. The Morgan fingerprint density at radius 2 is 1.65 bits per heavy atom. The lowest BCUT2D eigenvalue weighted by Gasteiger charge is -2.26. The average molecular weight is 318 g/mol. The highest BCUT2D eigenvalue weighted by atomic mass is 16.2. The third-order valence-electron chi connectivity index (χ3n) is 4.53. The lowest BCUT2D eigenvalue weighted by atomic mass is 10.1. The largest absolute Gasteiger partial charge is 0.334 e. The summed E-state index contributed by atoms with van der Waals surface area (Å²) >= 11 is 0. The Morgan fingerprint density at radius 3 is 2.30 bits per heavy atom. The highest BCUT2D eigenvalue weighted by Crippen LogP contribution is 2.03. The van der Waals surface area contributed by atoms with E-state index < -0.39 is 6.03 Å². The number of urea groups is 1. The Bertz CT molecular complexity index is 496. The normalized spacial score (nSPS) is 17.6. The van der Waals surface area contributed by atoms with Gasteiger partial charge in [-0.1, -0.05) is 36.8 Å². The Hall–Kier alpha value is -1.88. The van der Waals surface area contributed by atoms with E-state index in [9.17, 15) is 9.59 Å². The van der Waals surface area contributed by atoms with Crippen molar-refractivity contribution in [3.63, 3.8) is 0 Å². The minimum absolute atomic E-state index is 0.185. The Labute approximate surface area is 138 Å². The lowest BCUT2D eigenvalue weighted by Crippen LogP contribution is -3.16. The van der Waals surface area contributed by atoms with Crippen LogP contribution >= 0.6 is 0 Å². The maximum atomic E-state index is 12.3. The van der Waals surface area contributed by atoms with Crippen molar-refractivity contribution in [1.29, 1.82) is 0 Å². The van der Waals surface area contributed by atoms with Crippen molar-refractivity contribution in [1.82, 2.24) is 10.6 Å². The smallest absolute Gasteiger partial charge is 0.321 e. The molecule has 3 amide bonds. The molecule has 126 valence electrons. The quantitative estimate of drug-likeness (QED) is 0.782. The summed E-state index contributed by atoms with van der Waals surface area (Å²) in [5.74, 6) is -0.189. The minimum atomic E-state index is -0.419. The second-order valence-electron chi connectivity index (χ2n) is 6.31. The van der Waals surface area contributed by atoms with Crippen molar-refractivity contribution in [2.45, 2.75) is 51.6 Å². The van der Waals surface area contributed by atoms with Gasteiger partial charge in [-0.3, -0.25) is 10.1 Å². The third kappa shape index (κ3) is 6.02. The number of hydrogen-bond acceptors (Lipinski definition) is 2. The van der Waals surface area contributed by atoms with Gasteiger partial charge in [0.05, 0.1) is 13.1 Å². The molecule has 5 heteroatoms. The van der Waals surface area contributed by atoms with E-state index in [0.29, 0.717) is 6.54 Å². The number of imide groups is 1. The number of carbonyl (C=O) groups is 2. The molecule has 1 saturated heterocycles. The number of amides is 3. The van der Waals surface area contributed by atoms with E-state index in [1.807, 2.05) is 37.3 Å². The monoisotopic (exact) mass is 318 g/mol. The van der Waals surface area contributed by atoms with E-state index in [4.69, 9.17) is 0 Å². The molecule has 1 aromatic rings. The molecular formula is C18H28N3O2+. The molecule has 1 heterocycles. The number of likely N-dealkylation sites (tertiary alicyclic amines) is 1. The topological polar surface area (TPSA) is 62.6 Å². The molecule has 0 radical (unpaired) electrons. The molecule has 1 aromatic carbocycles. The third-order valence-corrected chi connectivity index (χ3v) is 4.53. The summed E-state index contributed by atoms with van der Waals surface area (Å²) in [6.07, 6.45) is 6.11. The molecule has 0 spiro atoms. The van der Waals surface area contributed by atoms with Crippen molar-refractivity contribution in [3.8, 4) is 0 Å². The zero-order valence-corrected chi connectivity index (χ0v) is 13.9. The molecule has 1 atom stereocenters. The number of nitrogens with one attached hydrogen (secondary N) is 3. The van der Waals surface area contributed by atoms with E-state index in [1.165, 1.54) is 24.2 Å². The van der Waals surface area contributed by atoms with Crippen LogP contribution in [0.1, 0.15) is 44.6 Å². The number of hydrogen-bond donors (Lipinski definition) is 3. The summed E-state index contributed by atoms with van der Waals surface area (Å²) in [4.78, 5) is 25.4. The summed E-state index contributed by atoms with van der Waals surface area (Å²) in [7, 11) is 0. The van der Waals surface area contributed by atoms with Gasteiger partial charge in [-0.15, -0.1) is 0 Å². The lowest BCUT2D eigenvalue weighted by molar-refractivity contribution is -0.915. The zero-order chi connectivity index (χ0) is 16.5. The first-order valence-corrected chi connectivity index (χ1v) is 8.64. The van der Waals surface area contributed by atoms with Crippen molar-refractivity contribution in [2.24, 2.45) is 0 Å². The molecular weight excluding hydrogens is 290 g/mol. The van der Waals surface area contributed by atoms with Gasteiger partial charge in [-0.25, -0.2) is 4.79 Å². The van der Waals surface area contributed by atoms with Crippen LogP contribution in [0.2, 0.25) is 0 Å². The molecule has 5 nitrogen and oxygen atoms in total. The molecule has 0 aliphatic carbocycles. The second kappa shape index (κ2) is 9.30. The maximum Gasteiger partial charge on any atom is 0.321 e. The average Bonchev–Trinajstić information content (AvgIpc) is 2.53. The summed E-state index contributed by atoms with van der Waals surface area (Å²) in [6.45, 7) is 4.36. The van der Waals surface area contributed by atoms with Gasteiger partial charge in [0.15, 0.2) is 6.04 Å². The van der Waals surface area contributed by atoms with Crippen LogP contribution in [-0.2, 0) is 11.3 Å². The number of quaternary nitrogens is 1. The van der Waals surface area contributed by atoms with Crippen LogP contribution in [-0.4, -0.2) is 31.1 Å². The molecule has 23 heavy (non-hydrogen) atoms. The molecule has 1 aliphatic heterocycles. The van der Waals surface area contributed by atoms with E-state index in [2.05, 4.69) is 10.6 Å². The Balaban J connectivity index is 1.76. The molecule has 1 fully saturated rings. The van der Waals surface area contributed by atoms with Crippen LogP contribution in [0.3, 0.4) is 0 Å². The van der Waals surface area contributed by atoms with Gasteiger partial charge in [0.1, 0.15) is 0 Å². The first kappa shape index (κ1) is 17.5. The van der Waals surface area contributed by atoms with Crippen molar-refractivity contribution < 1.29 is 14.5 Å². The summed E-state index contributed by atoms with van der Waals surface area (Å²) in [5, 5.41) is 5.20. The maximum absolute atomic E-state index is 12.3. The Morgan fingerprint density at radius 1 is 1.04 bits per heavy atom. The van der Waals surface area contributed by atoms with Crippen molar-refractivity contribution in [2.75, 3.05) is 13.1 Å². The number of benzene rings is 1. The van der Waals surface area contributed by atoms with E-state index in [-0.39, 0.29) is 11.9 Å². The van der Waals surface area contributed by atoms with Gasteiger partial charge in [0.25, 0.3) is 5.91 Å².